The van der Waals surface area contributed by atoms with Crippen LogP contribution in [-0.2, 0) is 16.0 Å². The van der Waals surface area contributed by atoms with Crippen LogP contribution in [0.3, 0.4) is 0 Å². The Morgan fingerprint density at radius 3 is 2.56 bits per heavy atom. The van der Waals surface area contributed by atoms with E-state index in [1.54, 1.807) is 37.2 Å². The summed E-state index contributed by atoms with van der Waals surface area (Å²) >= 11 is 0. The summed E-state index contributed by atoms with van der Waals surface area (Å²) in [6.45, 7) is 1.23. The Bertz CT molecular complexity index is 1130. The highest BCUT2D eigenvalue weighted by Gasteiger charge is 2.63. The molecule has 1 aromatic carbocycles. The van der Waals surface area contributed by atoms with E-state index in [2.05, 4.69) is 0 Å². The molecule has 34 heavy (non-hydrogen) atoms. The SMILES string of the molecule is CC(=O)C1=C(O)[C@@H](N(C)C)[C@@H]2C[C@@H]3Cc4cccc(OCCCO)c4C(=O)C3=C(O)[C@]2(O)C1=O. The lowest BCUT2D eigenvalue weighted by atomic mass is 9.58. The van der Waals surface area contributed by atoms with Gasteiger partial charge >= 0.3 is 0 Å². The van der Waals surface area contributed by atoms with Gasteiger partial charge in [0.25, 0.3) is 0 Å². The van der Waals surface area contributed by atoms with Gasteiger partial charge in [-0.1, -0.05) is 12.1 Å². The van der Waals surface area contributed by atoms with Gasteiger partial charge in [0.1, 0.15) is 22.8 Å². The minimum absolute atomic E-state index is 0.0698. The molecule has 9 nitrogen and oxygen atoms in total. The minimum atomic E-state index is -2.52. The van der Waals surface area contributed by atoms with E-state index in [4.69, 9.17) is 9.84 Å². The molecule has 0 spiro atoms. The van der Waals surface area contributed by atoms with Crippen molar-refractivity contribution in [1.29, 1.82) is 0 Å². The highest BCUT2D eigenvalue weighted by atomic mass is 16.5. The molecule has 3 aliphatic rings. The Labute approximate surface area is 197 Å². The van der Waals surface area contributed by atoms with Crippen molar-refractivity contribution >= 4 is 17.3 Å². The average molecular weight is 472 g/mol. The van der Waals surface area contributed by atoms with Gasteiger partial charge in [0.05, 0.1) is 18.2 Å². The van der Waals surface area contributed by atoms with Crippen molar-refractivity contribution in [3.8, 4) is 5.75 Å². The summed E-state index contributed by atoms with van der Waals surface area (Å²) in [5.41, 5.74) is -2.20. The van der Waals surface area contributed by atoms with Crippen molar-refractivity contribution in [3.05, 3.63) is 52.0 Å². The van der Waals surface area contributed by atoms with E-state index in [0.717, 1.165) is 6.92 Å². The second kappa shape index (κ2) is 8.65. The molecule has 0 aromatic heterocycles. The molecular formula is C25H29NO8. The summed E-state index contributed by atoms with van der Waals surface area (Å²) in [6.07, 6.45) is 0.878. The van der Waals surface area contributed by atoms with Gasteiger partial charge in [-0.15, -0.1) is 0 Å². The number of aliphatic hydroxyl groups excluding tert-OH is 3. The normalized spacial score (nSPS) is 28.6. The number of hydrogen-bond acceptors (Lipinski definition) is 9. The fraction of sp³-hybridized carbons (Fsp3) is 0.480. The van der Waals surface area contributed by atoms with Gasteiger partial charge in [-0.25, -0.2) is 0 Å². The first-order valence-electron chi connectivity index (χ1n) is 11.3. The summed E-state index contributed by atoms with van der Waals surface area (Å²) in [6, 6.07) is 4.26. The number of aliphatic hydroxyl groups is 4. The van der Waals surface area contributed by atoms with Crippen LogP contribution in [-0.4, -0.2) is 81.6 Å². The Hall–Kier alpha value is -3.01. The van der Waals surface area contributed by atoms with Crippen LogP contribution in [0.4, 0.5) is 0 Å². The molecule has 0 saturated carbocycles. The molecule has 4 rings (SSSR count). The lowest BCUT2D eigenvalue weighted by molar-refractivity contribution is -0.148. The predicted molar refractivity (Wildman–Crippen MR) is 121 cm³/mol. The van der Waals surface area contributed by atoms with E-state index in [1.165, 1.54) is 0 Å². The number of allylic oxidation sites excluding steroid dienone is 1. The molecule has 182 valence electrons. The minimum Gasteiger partial charge on any atom is -0.510 e. The first-order valence-corrected chi connectivity index (χ1v) is 11.3. The van der Waals surface area contributed by atoms with Crippen molar-refractivity contribution in [2.24, 2.45) is 11.8 Å². The van der Waals surface area contributed by atoms with Gasteiger partial charge in [-0.2, -0.15) is 0 Å². The molecule has 0 amide bonds. The summed E-state index contributed by atoms with van der Waals surface area (Å²) < 4.78 is 5.69. The quantitative estimate of drug-likeness (QED) is 0.356. The summed E-state index contributed by atoms with van der Waals surface area (Å²) in [7, 11) is 3.28. The standard InChI is InChI=1S/C25H29NO8/c1-12(28)17-22(30)20(26(2)3)15-11-14-10-13-6-4-7-16(34-9-5-8-27)18(13)21(29)19(14)24(32)25(15,33)23(17)31/h4,6-7,14-15,20,27,30,32-33H,5,8-11H2,1-3H3/t14-,15-,20-,25+/m0/s1. The molecule has 0 aliphatic heterocycles. The molecule has 9 heteroatoms. The fourth-order valence-electron chi connectivity index (χ4n) is 5.64. The molecule has 0 unspecified atom stereocenters. The lowest BCUT2D eigenvalue weighted by Crippen LogP contribution is -2.63. The zero-order valence-electron chi connectivity index (χ0n) is 19.4. The van der Waals surface area contributed by atoms with Crippen LogP contribution in [0.15, 0.2) is 40.9 Å². The Balaban J connectivity index is 1.87. The highest BCUT2D eigenvalue weighted by Crippen LogP contribution is 2.52. The number of ketones is 3. The molecule has 4 N–H and O–H groups in total. The van der Waals surface area contributed by atoms with Gasteiger partial charge in [-0.3, -0.25) is 19.3 Å². The molecule has 0 heterocycles. The first kappa shape index (κ1) is 24.1. The van der Waals surface area contributed by atoms with Crippen molar-refractivity contribution in [2.45, 2.75) is 37.8 Å². The number of likely N-dealkylation sites (N-methyl/N-ethyl adjacent to an activating group) is 1. The van der Waals surface area contributed by atoms with E-state index in [-0.39, 0.29) is 30.8 Å². The third-order valence-electron chi connectivity index (χ3n) is 7.11. The second-order valence-electron chi connectivity index (χ2n) is 9.37. The number of benzene rings is 1. The van der Waals surface area contributed by atoms with E-state index >= 15 is 0 Å². The van der Waals surface area contributed by atoms with Gasteiger partial charge < -0.3 is 25.2 Å². The average Bonchev–Trinajstić information content (AvgIpc) is 2.76. The maximum absolute atomic E-state index is 13.6. The van der Waals surface area contributed by atoms with E-state index in [9.17, 15) is 29.7 Å². The number of fused-ring (bicyclic) bond motifs is 3. The third kappa shape index (κ3) is 3.38. The number of rotatable bonds is 6. The maximum atomic E-state index is 13.6. The van der Waals surface area contributed by atoms with Gasteiger partial charge in [0.15, 0.2) is 17.2 Å². The van der Waals surface area contributed by atoms with E-state index < -0.39 is 57.9 Å². The number of Topliss-reactive ketones (excluding diaryl/α,β-unsaturated/α-hetero) is 3. The summed E-state index contributed by atoms with van der Waals surface area (Å²) in [5.74, 6) is -4.76. The smallest absolute Gasteiger partial charge is 0.209 e. The number of hydrogen-bond donors (Lipinski definition) is 4. The number of carbonyl (C=O) groups is 3. The molecule has 4 atom stereocenters. The van der Waals surface area contributed by atoms with Crippen LogP contribution in [0.2, 0.25) is 0 Å². The molecule has 0 radical (unpaired) electrons. The second-order valence-corrected chi connectivity index (χ2v) is 9.37. The summed E-state index contributed by atoms with van der Waals surface area (Å²) in [4.78, 5) is 40.8. The zero-order valence-corrected chi connectivity index (χ0v) is 19.4. The summed E-state index contributed by atoms with van der Waals surface area (Å²) in [5, 5.41) is 42.8. The molecular weight excluding hydrogens is 442 g/mol. The topological polar surface area (TPSA) is 145 Å². The van der Waals surface area contributed by atoms with Crippen LogP contribution in [0.1, 0.15) is 35.7 Å². The first-order chi connectivity index (χ1) is 16.0. The lowest BCUT2D eigenvalue weighted by Gasteiger charge is -2.50. The maximum Gasteiger partial charge on any atom is 0.209 e. The van der Waals surface area contributed by atoms with Gasteiger partial charge in [-0.05, 0) is 51.4 Å². The molecule has 0 fully saturated rings. The van der Waals surface area contributed by atoms with Crippen molar-refractivity contribution < 1.29 is 39.5 Å². The molecule has 0 saturated heterocycles. The van der Waals surface area contributed by atoms with Crippen LogP contribution in [0.25, 0.3) is 0 Å². The van der Waals surface area contributed by atoms with Crippen LogP contribution < -0.4 is 4.74 Å². The zero-order chi connectivity index (χ0) is 24.9. The van der Waals surface area contributed by atoms with Crippen molar-refractivity contribution in [3.63, 3.8) is 0 Å². The molecule has 1 aromatic rings. The van der Waals surface area contributed by atoms with Crippen molar-refractivity contribution in [1.82, 2.24) is 4.90 Å². The van der Waals surface area contributed by atoms with Crippen LogP contribution >= 0.6 is 0 Å². The molecule has 3 aliphatic carbocycles. The third-order valence-corrected chi connectivity index (χ3v) is 7.11. The van der Waals surface area contributed by atoms with Crippen LogP contribution in [0.5, 0.6) is 5.75 Å². The Kier molecular flexibility index (Phi) is 6.14. The Morgan fingerprint density at radius 2 is 1.94 bits per heavy atom. The fourth-order valence-corrected chi connectivity index (χ4v) is 5.64. The van der Waals surface area contributed by atoms with Crippen molar-refractivity contribution in [2.75, 3.05) is 27.3 Å². The van der Waals surface area contributed by atoms with Gasteiger partial charge in [0, 0.05) is 24.5 Å². The van der Waals surface area contributed by atoms with E-state index in [1.807, 2.05) is 0 Å². The predicted octanol–water partition coefficient (Wildman–Crippen LogP) is 1.28. The van der Waals surface area contributed by atoms with E-state index in [0.29, 0.717) is 24.2 Å². The number of ether oxygens (including phenoxy) is 1. The Morgan fingerprint density at radius 1 is 1.24 bits per heavy atom. The number of nitrogens with zero attached hydrogens (tertiary/aromatic N) is 1. The molecule has 0 bridgehead atoms. The van der Waals surface area contributed by atoms with Gasteiger partial charge in [0.2, 0.25) is 5.78 Å². The van der Waals surface area contributed by atoms with Crippen LogP contribution in [0, 0.1) is 11.8 Å². The monoisotopic (exact) mass is 471 g/mol. The number of carbonyl (C=O) groups excluding carboxylic acids is 3. The highest BCUT2D eigenvalue weighted by molar-refractivity contribution is 6.25. The largest absolute Gasteiger partial charge is 0.510 e.